The highest BCUT2D eigenvalue weighted by atomic mass is 33.1. The van der Waals surface area contributed by atoms with Gasteiger partial charge in [-0.1, -0.05) is 28.5 Å². The first kappa shape index (κ1) is 18.5. The van der Waals surface area contributed by atoms with Gasteiger partial charge in [0, 0.05) is 18.1 Å². The smallest absolute Gasteiger partial charge is 0.321 e. The second-order valence-corrected chi connectivity index (χ2v) is 6.43. The van der Waals surface area contributed by atoms with Crippen molar-refractivity contribution in [2.45, 2.75) is 31.5 Å². The maximum atomic E-state index is 11.0. The molecule has 19 heavy (non-hydrogen) atoms. The quantitative estimate of drug-likeness (QED) is 0.255. The Morgan fingerprint density at radius 1 is 1.21 bits per heavy atom. The summed E-state index contributed by atoms with van der Waals surface area (Å²) in [5, 5.41) is 29.6. The minimum Gasteiger partial charge on any atom is -0.480 e. The van der Waals surface area contributed by atoms with Crippen molar-refractivity contribution >= 4 is 33.5 Å². The SMILES string of the molecule is CCC(O)CNC(CSSCC(N)C(=O)O)C(=O)O. The average Bonchev–Trinajstić information content (AvgIpc) is 2.36. The zero-order chi connectivity index (χ0) is 14.8. The number of carbonyl (C=O) groups is 2. The Kier molecular flexibility index (Phi) is 10.1. The standard InChI is InChI=1S/C10H20N2O5S2/c1-2-6(13)3-12-8(10(16)17)5-19-18-4-7(11)9(14)15/h6-8,12-13H,2-5,11H2,1H3,(H,14,15)(H,16,17). The van der Waals surface area contributed by atoms with Crippen LogP contribution in [0, 0.1) is 0 Å². The van der Waals surface area contributed by atoms with Gasteiger partial charge >= 0.3 is 11.9 Å². The number of aliphatic hydroxyl groups is 1. The van der Waals surface area contributed by atoms with Gasteiger partial charge in [-0.3, -0.25) is 9.59 Å². The molecule has 0 bridgehead atoms. The van der Waals surface area contributed by atoms with Crippen molar-refractivity contribution in [3.05, 3.63) is 0 Å². The molecule has 0 heterocycles. The van der Waals surface area contributed by atoms with Crippen LogP contribution in [0.25, 0.3) is 0 Å². The van der Waals surface area contributed by atoms with E-state index in [0.29, 0.717) is 6.42 Å². The molecule has 0 spiro atoms. The van der Waals surface area contributed by atoms with Gasteiger partial charge in [-0.15, -0.1) is 0 Å². The Bertz CT molecular complexity index is 293. The molecule has 0 aliphatic rings. The summed E-state index contributed by atoms with van der Waals surface area (Å²) in [6, 6.07) is -1.73. The van der Waals surface area contributed by atoms with Gasteiger partial charge in [0.2, 0.25) is 0 Å². The monoisotopic (exact) mass is 312 g/mol. The largest absolute Gasteiger partial charge is 0.480 e. The van der Waals surface area contributed by atoms with Crippen LogP contribution in [0.1, 0.15) is 13.3 Å². The molecule has 0 aliphatic heterocycles. The Balaban J connectivity index is 3.89. The highest BCUT2D eigenvalue weighted by molar-refractivity contribution is 8.76. The molecule has 7 nitrogen and oxygen atoms in total. The van der Waals surface area contributed by atoms with Crippen LogP contribution in [-0.4, -0.2) is 63.5 Å². The fraction of sp³-hybridized carbons (Fsp3) is 0.800. The van der Waals surface area contributed by atoms with Crippen molar-refractivity contribution < 1.29 is 24.9 Å². The topological polar surface area (TPSA) is 133 Å². The number of aliphatic carboxylic acids is 2. The summed E-state index contributed by atoms with van der Waals surface area (Å²) >= 11 is 0. The number of nitrogens with one attached hydrogen (secondary N) is 1. The Hall–Kier alpha value is -0.480. The van der Waals surface area contributed by atoms with Crippen LogP contribution in [0.2, 0.25) is 0 Å². The summed E-state index contributed by atoms with van der Waals surface area (Å²) in [6.45, 7) is 2.02. The number of rotatable bonds is 11. The molecule has 0 rings (SSSR count). The second-order valence-electron chi connectivity index (χ2n) is 3.87. The van der Waals surface area contributed by atoms with E-state index in [1.807, 2.05) is 0 Å². The number of hydrogen-bond donors (Lipinski definition) is 5. The first-order valence-corrected chi connectivity index (χ1v) is 8.24. The molecule has 0 aromatic carbocycles. The van der Waals surface area contributed by atoms with Crippen LogP contribution in [0.15, 0.2) is 0 Å². The van der Waals surface area contributed by atoms with Crippen molar-refractivity contribution in [1.29, 1.82) is 0 Å². The third kappa shape index (κ3) is 9.11. The van der Waals surface area contributed by atoms with E-state index in [0.717, 1.165) is 0 Å². The van der Waals surface area contributed by atoms with Crippen molar-refractivity contribution in [2.24, 2.45) is 5.73 Å². The second kappa shape index (κ2) is 10.3. The molecule has 0 aromatic heterocycles. The molecule has 0 aromatic rings. The summed E-state index contributed by atoms with van der Waals surface area (Å²) in [5.41, 5.74) is 5.31. The minimum atomic E-state index is -1.08. The zero-order valence-electron chi connectivity index (χ0n) is 10.6. The number of carboxylic acid groups (broad SMARTS) is 2. The molecule has 0 fully saturated rings. The lowest BCUT2D eigenvalue weighted by Gasteiger charge is -2.16. The summed E-state index contributed by atoms with van der Waals surface area (Å²) in [4.78, 5) is 21.4. The third-order valence-corrected chi connectivity index (χ3v) is 4.70. The minimum absolute atomic E-state index is 0.212. The lowest BCUT2D eigenvalue weighted by Crippen LogP contribution is -2.42. The molecule has 0 amide bonds. The van der Waals surface area contributed by atoms with Crippen molar-refractivity contribution in [3.63, 3.8) is 0 Å². The molecule has 9 heteroatoms. The van der Waals surface area contributed by atoms with E-state index in [-0.39, 0.29) is 18.1 Å². The van der Waals surface area contributed by atoms with Crippen LogP contribution >= 0.6 is 21.6 Å². The lowest BCUT2D eigenvalue weighted by atomic mass is 10.2. The highest BCUT2D eigenvalue weighted by Gasteiger charge is 2.19. The van der Waals surface area contributed by atoms with Crippen LogP contribution < -0.4 is 11.1 Å². The maximum absolute atomic E-state index is 11.0. The average molecular weight is 312 g/mol. The van der Waals surface area contributed by atoms with E-state index in [1.54, 1.807) is 6.92 Å². The molecule has 3 atom stereocenters. The van der Waals surface area contributed by atoms with Crippen LogP contribution in [0.3, 0.4) is 0 Å². The zero-order valence-corrected chi connectivity index (χ0v) is 12.2. The number of nitrogens with two attached hydrogens (primary N) is 1. The van der Waals surface area contributed by atoms with E-state index >= 15 is 0 Å². The Morgan fingerprint density at radius 2 is 1.79 bits per heavy atom. The number of carboxylic acids is 2. The lowest BCUT2D eigenvalue weighted by molar-refractivity contribution is -0.139. The summed E-state index contributed by atoms with van der Waals surface area (Å²) in [7, 11) is 2.46. The van der Waals surface area contributed by atoms with Gasteiger partial charge in [0.1, 0.15) is 12.1 Å². The van der Waals surface area contributed by atoms with Crippen LogP contribution in [0.4, 0.5) is 0 Å². The fourth-order valence-corrected chi connectivity index (χ4v) is 3.25. The first-order valence-electron chi connectivity index (χ1n) is 5.75. The Morgan fingerprint density at radius 3 is 2.26 bits per heavy atom. The number of aliphatic hydroxyl groups excluding tert-OH is 1. The predicted octanol–water partition coefficient (Wildman–Crippen LogP) is -0.407. The first-order chi connectivity index (χ1) is 8.88. The molecule has 6 N–H and O–H groups in total. The van der Waals surface area contributed by atoms with E-state index in [9.17, 15) is 14.7 Å². The summed E-state index contributed by atoms with van der Waals surface area (Å²) in [6.07, 6.45) is -0.0192. The van der Waals surface area contributed by atoms with Crippen molar-refractivity contribution in [3.8, 4) is 0 Å². The molecule has 0 saturated heterocycles. The van der Waals surface area contributed by atoms with E-state index in [1.165, 1.54) is 21.6 Å². The van der Waals surface area contributed by atoms with Gasteiger partial charge in [-0.2, -0.15) is 0 Å². The Labute approximate surface area is 119 Å². The van der Waals surface area contributed by atoms with Crippen molar-refractivity contribution in [2.75, 3.05) is 18.1 Å². The van der Waals surface area contributed by atoms with Gasteiger partial charge in [-0.25, -0.2) is 0 Å². The van der Waals surface area contributed by atoms with Crippen LogP contribution in [0.5, 0.6) is 0 Å². The van der Waals surface area contributed by atoms with Crippen LogP contribution in [-0.2, 0) is 9.59 Å². The number of hydrogen-bond acceptors (Lipinski definition) is 7. The molecular weight excluding hydrogens is 292 g/mol. The van der Waals surface area contributed by atoms with Gasteiger partial charge in [-0.05, 0) is 6.42 Å². The maximum Gasteiger partial charge on any atom is 0.321 e. The van der Waals surface area contributed by atoms with Gasteiger partial charge in [0.15, 0.2) is 0 Å². The molecule has 0 radical (unpaired) electrons. The summed E-state index contributed by atoms with van der Waals surface area (Å²) < 4.78 is 0. The molecule has 0 aliphatic carbocycles. The van der Waals surface area contributed by atoms with Gasteiger partial charge in [0.05, 0.1) is 6.10 Å². The molecule has 0 saturated carbocycles. The summed E-state index contributed by atoms with van der Waals surface area (Å²) in [5.74, 6) is -1.60. The normalized spacial score (nSPS) is 15.7. The third-order valence-electron chi connectivity index (χ3n) is 2.25. The van der Waals surface area contributed by atoms with E-state index in [4.69, 9.17) is 15.9 Å². The van der Waals surface area contributed by atoms with Gasteiger partial charge in [0.25, 0.3) is 0 Å². The predicted molar refractivity (Wildman–Crippen MR) is 76.3 cm³/mol. The molecular formula is C10H20N2O5S2. The molecule has 112 valence electrons. The molecule has 3 unspecified atom stereocenters. The highest BCUT2D eigenvalue weighted by Crippen LogP contribution is 2.22. The van der Waals surface area contributed by atoms with Gasteiger partial charge < -0.3 is 26.4 Å². The van der Waals surface area contributed by atoms with E-state index < -0.39 is 30.1 Å². The van der Waals surface area contributed by atoms with E-state index in [2.05, 4.69) is 5.32 Å². The fourth-order valence-electron chi connectivity index (χ4n) is 0.949. The van der Waals surface area contributed by atoms with Crippen molar-refractivity contribution in [1.82, 2.24) is 5.32 Å².